The predicted molar refractivity (Wildman–Crippen MR) is 119 cm³/mol. The normalized spacial score (nSPS) is 22.0. The molecular weight excluding hydrogens is 408 g/mol. The fraction of sp³-hybridized carbons (Fsp3) is 0.900. The van der Waals surface area contributed by atoms with Crippen molar-refractivity contribution in [1.29, 1.82) is 0 Å². The Kier molecular flexibility index (Phi) is 13.9. The highest BCUT2D eigenvalue weighted by Gasteiger charge is 2.50. The molecule has 0 aliphatic heterocycles. The average Bonchev–Trinajstić information content (AvgIpc) is 2.68. The van der Waals surface area contributed by atoms with Crippen molar-refractivity contribution >= 4 is 29.1 Å². The first-order valence-corrected chi connectivity index (χ1v) is 15.5. The maximum absolute atomic E-state index is 9.00. The van der Waals surface area contributed by atoms with Gasteiger partial charge in [-0.3, -0.25) is 9.59 Å². The Balaban J connectivity index is 0.000000837. The van der Waals surface area contributed by atoms with Crippen molar-refractivity contribution in [1.82, 2.24) is 0 Å². The molecule has 0 bridgehead atoms. The number of carbonyl (C=O) groups is 2. The molecule has 2 unspecified atom stereocenters. The van der Waals surface area contributed by atoms with Crippen LogP contribution in [0.4, 0.5) is 0 Å². The highest BCUT2D eigenvalue weighted by Crippen LogP contribution is 2.44. The van der Waals surface area contributed by atoms with E-state index < -0.39 is 29.1 Å². The summed E-state index contributed by atoms with van der Waals surface area (Å²) in [6, 6.07) is 0. The molecular formula is C20H42O7Si2. The summed E-state index contributed by atoms with van der Waals surface area (Å²) in [5.41, 5.74) is 1.31. The minimum absolute atomic E-state index is 0.654. The summed E-state index contributed by atoms with van der Waals surface area (Å²) in [6.45, 7) is 6.74. The summed E-state index contributed by atoms with van der Waals surface area (Å²) in [4.78, 5) is 18.0. The van der Waals surface area contributed by atoms with E-state index in [0.717, 1.165) is 13.8 Å². The molecule has 0 spiro atoms. The molecule has 29 heavy (non-hydrogen) atoms. The number of hydrogen-bond donors (Lipinski definition) is 2. The molecule has 2 aliphatic carbocycles. The van der Waals surface area contributed by atoms with Crippen molar-refractivity contribution in [2.75, 3.05) is 14.2 Å². The maximum Gasteiger partial charge on any atom is 0.329 e. The Morgan fingerprint density at radius 3 is 1.14 bits per heavy atom. The molecule has 0 amide bonds. The zero-order valence-corrected chi connectivity index (χ0v) is 21.2. The molecule has 2 fully saturated rings. The SMILES string of the molecule is CC(=O)O.CC(=O)O.CO[Si](C)(O[Si](C)(OC)C1CCCCC1)C1CCCCC1. The minimum Gasteiger partial charge on any atom is -0.481 e. The van der Waals surface area contributed by atoms with Gasteiger partial charge in [-0.05, 0) is 38.8 Å². The fourth-order valence-electron chi connectivity index (χ4n) is 4.24. The lowest BCUT2D eigenvalue weighted by atomic mass is 10.0. The second kappa shape index (κ2) is 14.3. The van der Waals surface area contributed by atoms with Gasteiger partial charge < -0.3 is 23.2 Å². The maximum atomic E-state index is 9.00. The molecule has 0 aromatic carbocycles. The predicted octanol–water partition coefficient (Wildman–Crippen LogP) is 5.29. The number of rotatable bonds is 6. The number of carboxylic acids is 2. The Hall–Kier alpha value is -0.746. The van der Waals surface area contributed by atoms with Crippen LogP contribution in [0.3, 0.4) is 0 Å². The standard InChI is InChI=1S/C16H34O3Si2.2C2H4O2/c1-17-20(3,15-11-7-5-8-12-15)19-21(4,18-2)16-13-9-6-10-14-16;2*1-2(3)4/h15-16H,5-14H2,1-4H3;2*1H3,(H,3,4). The third kappa shape index (κ3) is 11.3. The van der Waals surface area contributed by atoms with Gasteiger partial charge in [0.25, 0.3) is 11.9 Å². The summed E-state index contributed by atoms with van der Waals surface area (Å²) >= 11 is 0. The molecule has 0 aromatic rings. The molecule has 172 valence electrons. The van der Waals surface area contributed by atoms with Gasteiger partial charge in [0.05, 0.1) is 0 Å². The van der Waals surface area contributed by atoms with Gasteiger partial charge in [0.2, 0.25) is 0 Å². The summed E-state index contributed by atoms with van der Waals surface area (Å²) in [6.07, 6.45) is 13.3. The molecule has 2 N–H and O–H groups in total. The van der Waals surface area contributed by atoms with Crippen LogP contribution in [0.25, 0.3) is 0 Å². The lowest BCUT2D eigenvalue weighted by Crippen LogP contribution is -2.56. The first-order valence-electron chi connectivity index (χ1n) is 10.7. The van der Waals surface area contributed by atoms with E-state index in [1.165, 1.54) is 64.2 Å². The molecule has 0 aromatic heterocycles. The summed E-state index contributed by atoms with van der Waals surface area (Å²) in [5, 5.41) is 14.8. The van der Waals surface area contributed by atoms with E-state index in [0.29, 0.717) is 11.1 Å². The van der Waals surface area contributed by atoms with Crippen LogP contribution in [0, 0.1) is 0 Å². The molecule has 2 rings (SSSR count). The number of aliphatic carboxylic acids is 2. The zero-order chi connectivity index (χ0) is 22.5. The second-order valence-corrected chi connectivity index (χ2v) is 15.6. The smallest absolute Gasteiger partial charge is 0.329 e. The highest BCUT2D eigenvalue weighted by molar-refractivity contribution is 6.81. The Bertz CT molecular complexity index is 429. The molecule has 7 nitrogen and oxygen atoms in total. The Morgan fingerprint density at radius 1 is 0.690 bits per heavy atom. The van der Waals surface area contributed by atoms with E-state index in [1.807, 2.05) is 14.2 Å². The number of carboxylic acid groups (broad SMARTS) is 2. The molecule has 2 aliphatic rings. The lowest BCUT2D eigenvalue weighted by molar-refractivity contribution is -0.135. The van der Waals surface area contributed by atoms with E-state index in [2.05, 4.69) is 13.1 Å². The summed E-state index contributed by atoms with van der Waals surface area (Å²) in [7, 11) is -0.518. The lowest BCUT2D eigenvalue weighted by Gasteiger charge is -2.44. The molecule has 2 saturated carbocycles. The van der Waals surface area contributed by atoms with E-state index in [9.17, 15) is 0 Å². The monoisotopic (exact) mass is 450 g/mol. The first-order chi connectivity index (χ1) is 13.5. The molecule has 0 radical (unpaired) electrons. The van der Waals surface area contributed by atoms with E-state index in [1.54, 1.807) is 0 Å². The van der Waals surface area contributed by atoms with E-state index in [-0.39, 0.29) is 0 Å². The van der Waals surface area contributed by atoms with Crippen LogP contribution >= 0.6 is 0 Å². The van der Waals surface area contributed by atoms with E-state index >= 15 is 0 Å². The van der Waals surface area contributed by atoms with Crippen molar-refractivity contribution in [3.05, 3.63) is 0 Å². The zero-order valence-electron chi connectivity index (χ0n) is 19.2. The fourth-order valence-corrected chi connectivity index (χ4v) is 13.0. The van der Waals surface area contributed by atoms with Crippen LogP contribution in [0.5, 0.6) is 0 Å². The van der Waals surface area contributed by atoms with Crippen molar-refractivity contribution in [2.45, 2.75) is 102 Å². The van der Waals surface area contributed by atoms with Crippen molar-refractivity contribution in [3.8, 4) is 0 Å². The average molecular weight is 451 g/mol. The van der Waals surface area contributed by atoms with Crippen LogP contribution in [0.2, 0.25) is 24.2 Å². The van der Waals surface area contributed by atoms with Gasteiger partial charge in [-0.25, -0.2) is 0 Å². The summed E-state index contributed by atoms with van der Waals surface area (Å²) in [5.74, 6) is -1.67. The van der Waals surface area contributed by atoms with Gasteiger partial charge in [0.15, 0.2) is 0 Å². The van der Waals surface area contributed by atoms with Crippen LogP contribution in [0.15, 0.2) is 0 Å². The quantitative estimate of drug-likeness (QED) is 0.530. The van der Waals surface area contributed by atoms with Gasteiger partial charge in [0, 0.05) is 39.1 Å². The van der Waals surface area contributed by atoms with Gasteiger partial charge in [-0.1, -0.05) is 38.5 Å². The van der Waals surface area contributed by atoms with Gasteiger partial charge in [-0.15, -0.1) is 0 Å². The van der Waals surface area contributed by atoms with Crippen molar-refractivity contribution in [2.24, 2.45) is 0 Å². The largest absolute Gasteiger partial charge is 0.481 e. The Morgan fingerprint density at radius 2 is 0.931 bits per heavy atom. The molecule has 2 atom stereocenters. The third-order valence-corrected chi connectivity index (χ3v) is 14.9. The first kappa shape index (κ1) is 28.3. The summed E-state index contributed by atoms with van der Waals surface area (Å²) < 4.78 is 18.9. The van der Waals surface area contributed by atoms with Crippen LogP contribution in [0.1, 0.15) is 78.1 Å². The number of hydrogen-bond acceptors (Lipinski definition) is 5. The van der Waals surface area contributed by atoms with Crippen molar-refractivity contribution < 1.29 is 32.8 Å². The van der Waals surface area contributed by atoms with E-state index in [4.69, 9.17) is 32.8 Å². The highest BCUT2D eigenvalue weighted by atomic mass is 28.5. The van der Waals surface area contributed by atoms with Gasteiger partial charge in [0.1, 0.15) is 0 Å². The Labute approximate surface area is 178 Å². The molecule has 9 heteroatoms. The van der Waals surface area contributed by atoms with Gasteiger partial charge >= 0.3 is 17.1 Å². The van der Waals surface area contributed by atoms with Crippen molar-refractivity contribution in [3.63, 3.8) is 0 Å². The molecule has 0 heterocycles. The second-order valence-electron chi connectivity index (χ2n) is 8.25. The minimum atomic E-state index is -2.13. The van der Waals surface area contributed by atoms with Crippen LogP contribution in [-0.4, -0.2) is 53.5 Å². The van der Waals surface area contributed by atoms with Crippen LogP contribution < -0.4 is 0 Å². The molecule has 0 saturated heterocycles. The van der Waals surface area contributed by atoms with Gasteiger partial charge in [-0.2, -0.15) is 0 Å². The van der Waals surface area contributed by atoms with Crippen LogP contribution in [-0.2, 0) is 22.6 Å². The topological polar surface area (TPSA) is 102 Å². The third-order valence-electron chi connectivity index (χ3n) is 5.91.